The smallest absolute Gasteiger partial charge is 0.0710 e. The van der Waals surface area contributed by atoms with Gasteiger partial charge in [0.2, 0.25) is 0 Å². The van der Waals surface area contributed by atoms with Crippen LogP contribution >= 0.6 is 0 Å². The highest BCUT2D eigenvalue weighted by atomic mass is 15.0. The Morgan fingerprint density at radius 3 is 2.00 bits per heavy atom. The summed E-state index contributed by atoms with van der Waals surface area (Å²) in [5, 5.41) is 5.10. The van der Waals surface area contributed by atoms with Crippen LogP contribution in [0.5, 0.6) is 0 Å². The third kappa shape index (κ3) is 5.31. The lowest BCUT2D eigenvalue weighted by Gasteiger charge is -2.35. The Hall–Kier alpha value is -7.68. The summed E-state index contributed by atoms with van der Waals surface area (Å²) < 4.78 is 4.99. The molecule has 2 heterocycles. The second-order valence-electron chi connectivity index (χ2n) is 17.4. The van der Waals surface area contributed by atoms with Crippen LogP contribution in [-0.2, 0) is 5.41 Å². The first-order valence-corrected chi connectivity index (χ1v) is 22.5. The molecule has 2 heteroatoms. The van der Waals surface area contributed by atoms with Crippen molar-refractivity contribution in [2.24, 2.45) is 0 Å². The van der Waals surface area contributed by atoms with E-state index in [2.05, 4.69) is 228 Å². The molecule has 0 N–H and O–H groups in total. The fourth-order valence-corrected chi connectivity index (χ4v) is 11.5. The van der Waals surface area contributed by atoms with Gasteiger partial charge in [-0.25, -0.2) is 0 Å². The van der Waals surface area contributed by atoms with E-state index in [1.54, 1.807) is 0 Å². The van der Waals surface area contributed by atoms with Gasteiger partial charge in [0.05, 0.1) is 27.5 Å². The van der Waals surface area contributed by atoms with E-state index < -0.39 is 5.41 Å². The molecule has 2 nitrogen and oxygen atoms in total. The maximum atomic E-state index is 2.58. The third-order valence-corrected chi connectivity index (χ3v) is 14.2. The van der Waals surface area contributed by atoms with Gasteiger partial charge in [-0.05, 0) is 130 Å². The van der Waals surface area contributed by atoms with Gasteiger partial charge in [-0.3, -0.25) is 0 Å². The quantitative estimate of drug-likeness (QED) is 0.158. The average molecular weight is 805 g/mol. The Morgan fingerprint density at radius 1 is 0.429 bits per heavy atom. The monoisotopic (exact) mass is 804 g/mol. The summed E-state index contributed by atoms with van der Waals surface area (Å²) in [5.74, 6) is 0. The molecule has 8 aromatic carbocycles. The number of hydrogen-bond acceptors (Lipinski definition) is 0. The first kappa shape index (κ1) is 36.0. The van der Waals surface area contributed by atoms with Crippen LogP contribution in [0.3, 0.4) is 0 Å². The van der Waals surface area contributed by atoms with E-state index in [0.717, 1.165) is 25.7 Å². The van der Waals surface area contributed by atoms with Crippen molar-refractivity contribution in [3.05, 3.63) is 252 Å². The highest BCUT2D eigenvalue weighted by molar-refractivity contribution is 6.17. The molecule has 0 amide bonds. The Morgan fingerprint density at radius 2 is 1.16 bits per heavy atom. The number of aromatic nitrogens is 2. The number of hydrogen-bond donors (Lipinski definition) is 0. The van der Waals surface area contributed by atoms with Gasteiger partial charge in [0.15, 0.2) is 0 Å². The molecule has 0 bridgehead atoms. The van der Waals surface area contributed by atoms with Gasteiger partial charge in [0, 0.05) is 32.9 Å². The average Bonchev–Trinajstić information content (AvgIpc) is 3.99. The zero-order valence-electron chi connectivity index (χ0n) is 35.0. The third-order valence-electron chi connectivity index (χ3n) is 14.2. The van der Waals surface area contributed by atoms with Crippen LogP contribution < -0.4 is 0 Å². The van der Waals surface area contributed by atoms with Gasteiger partial charge in [-0.15, -0.1) is 0 Å². The maximum absolute atomic E-state index is 2.58. The van der Waals surface area contributed by atoms with Crippen molar-refractivity contribution in [2.45, 2.75) is 31.1 Å². The Balaban J connectivity index is 1.07. The van der Waals surface area contributed by atoms with Crippen molar-refractivity contribution >= 4 is 60.5 Å². The van der Waals surface area contributed by atoms with Crippen LogP contribution in [-0.4, -0.2) is 9.13 Å². The lowest BCUT2D eigenvalue weighted by atomic mass is 9.66. The predicted molar refractivity (Wildman–Crippen MR) is 265 cm³/mol. The van der Waals surface area contributed by atoms with Crippen LogP contribution in [0.25, 0.3) is 77.3 Å². The summed E-state index contributed by atoms with van der Waals surface area (Å²) in [6, 6.07) is 72.4. The molecule has 298 valence electrons. The fourth-order valence-electron chi connectivity index (χ4n) is 11.5. The van der Waals surface area contributed by atoms with Gasteiger partial charge in [0.25, 0.3) is 0 Å². The van der Waals surface area contributed by atoms with Crippen molar-refractivity contribution in [1.82, 2.24) is 9.13 Å². The minimum atomic E-state index is -0.424. The summed E-state index contributed by atoms with van der Waals surface area (Å²) in [5.41, 5.74) is 20.5. The van der Waals surface area contributed by atoms with Crippen LogP contribution in [0.15, 0.2) is 224 Å². The fraction of sp³-hybridized carbons (Fsp3) is 0.0820. The van der Waals surface area contributed by atoms with Crippen LogP contribution in [0.2, 0.25) is 0 Å². The number of allylic oxidation sites excluding steroid dienone is 8. The van der Waals surface area contributed by atoms with Crippen molar-refractivity contribution in [2.75, 3.05) is 0 Å². The number of benzene rings is 8. The number of fused-ring (bicyclic) bond motifs is 8. The summed E-state index contributed by atoms with van der Waals surface area (Å²) in [6.45, 7) is 0. The van der Waals surface area contributed by atoms with E-state index >= 15 is 0 Å². The number of rotatable bonds is 6. The van der Waals surface area contributed by atoms with Crippen LogP contribution in [0.4, 0.5) is 0 Å². The molecule has 0 saturated heterocycles. The SMILES string of the molecule is C1=CC2=C(CC1)c1ccccc1C2(c1ccccc1)c1ccc2c(c1)c1ccc(-c3cccc4c3c3ccccc3n4-c3ccccc3)cc1n2C1=CC=C(c2ccccc2)CC1. The molecular formula is C61H44N2. The van der Waals surface area contributed by atoms with Crippen LogP contribution in [0.1, 0.15) is 53.5 Å². The highest BCUT2D eigenvalue weighted by Gasteiger charge is 2.47. The lowest BCUT2D eigenvalue weighted by Crippen LogP contribution is -2.29. The predicted octanol–water partition coefficient (Wildman–Crippen LogP) is 15.7. The zero-order valence-corrected chi connectivity index (χ0v) is 35.0. The second kappa shape index (κ2) is 14.2. The van der Waals surface area contributed by atoms with E-state index in [1.807, 2.05) is 0 Å². The van der Waals surface area contributed by atoms with Crippen molar-refractivity contribution < 1.29 is 0 Å². The minimum absolute atomic E-state index is 0.424. The summed E-state index contributed by atoms with van der Waals surface area (Å²) in [4.78, 5) is 0. The molecular weight excluding hydrogens is 761 g/mol. The first-order chi connectivity index (χ1) is 31.3. The van der Waals surface area contributed by atoms with E-state index in [0.29, 0.717) is 0 Å². The Labute approximate surface area is 367 Å². The standard InChI is InChI=1S/C61H44N2/c1-4-17-41(18-5-1)42-31-35-47(36-32-42)63-57-38-34-45(61(44-19-6-2-7-20-44)54-27-13-10-23-49(54)50-24-11-14-28-55(50)61)40-53(57)51-37-33-43(39-59(51)63)48-26-16-30-58-60(48)52-25-12-15-29-56(52)62(58)46-21-8-3-9-22-46/h1-10,12-23,25-31,33-35,37-40H,11,24,32,36H2. The number of para-hydroxylation sites is 2. The molecule has 63 heavy (non-hydrogen) atoms. The van der Waals surface area contributed by atoms with E-state index in [-0.39, 0.29) is 0 Å². The topological polar surface area (TPSA) is 9.86 Å². The molecule has 3 aliphatic rings. The van der Waals surface area contributed by atoms with E-state index in [9.17, 15) is 0 Å². The van der Waals surface area contributed by atoms with Crippen molar-refractivity contribution in [3.8, 4) is 16.8 Å². The molecule has 2 aromatic heterocycles. The molecule has 1 unspecified atom stereocenters. The second-order valence-corrected chi connectivity index (χ2v) is 17.4. The molecule has 0 aliphatic heterocycles. The maximum Gasteiger partial charge on any atom is 0.0710 e. The van der Waals surface area contributed by atoms with Gasteiger partial charge in [0.1, 0.15) is 0 Å². The van der Waals surface area contributed by atoms with Crippen molar-refractivity contribution in [3.63, 3.8) is 0 Å². The largest absolute Gasteiger partial charge is 0.313 e. The van der Waals surface area contributed by atoms with Gasteiger partial charge in [-0.1, -0.05) is 170 Å². The van der Waals surface area contributed by atoms with Crippen molar-refractivity contribution in [1.29, 1.82) is 0 Å². The Kier molecular flexibility index (Phi) is 8.11. The number of nitrogens with zero attached hydrogens (tertiary/aromatic N) is 2. The molecule has 3 aliphatic carbocycles. The normalized spacial score (nSPS) is 17.1. The zero-order chi connectivity index (χ0) is 41.5. The van der Waals surface area contributed by atoms with E-state index in [1.165, 1.54) is 111 Å². The summed E-state index contributed by atoms with van der Waals surface area (Å²) in [6.07, 6.45) is 13.6. The molecule has 13 rings (SSSR count). The summed E-state index contributed by atoms with van der Waals surface area (Å²) in [7, 11) is 0. The van der Waals surface area contributed by atoms with Crippen LogP contribution in [0, 0.1) is 0 Å². The van der Waals surface area contributed by atoms with Gasteiger partial charge >= 0.3 is 0 Å². The first-order valence-electron chi connectivity index (χ1n) is 22.5. The van der Waals surface area contributed by atoms with E-state index in [4.69, 9.17) is 0 Å². The van der Waals surface area contributed by atoms with Gasteiger partial charge in [-0.2, -0.15) is 0 Å². The highest BCUT2D eigenvalue weighted by Crippen LogP contribution is 2.57. The molecule has 0 fully saturated rings. The Bertz CT molecular complexity index is 3590. The summed E-state index contributed by atoms with van der Waals surface area (Å²) >= 11 is 0. The minimum Gasteiger partial charge on any atom is -0.313 e. The molecule has 0 spiro atoms. The van der Waals surface area contributed by atoms with Gasteiger partial charge < -0.3 is 9.13 Å². The molecule has 10 aromatic rings. The molecule has 0 saturated carbocycles. The molecule has 1 atom stereocenters. The lowest BCUT2D eigenvalue weighted by molar-refractivity contribution is 0.758. The molecule has 0 radical (unpaired) electrons.